The molecule has 1 N–H and O–H groups in total. The summed E-state index contributed by atoms with van der Waals surface area (Å²) in [7, 11) is -2.12. The molecule has 26 heavy (non-hydrogen) atoms. The Bertz CT molecular complexity index is 812. The number of ether oxygens (including phenoxy) is 1. The standard InChI is InChI=1S/C18H22N2O5S/c1-25-18(22)14-10-11-20(12-14)17(21)9-4-13-2-7-16(8-3-13)26(23,24)19-15-5-6-15/h2-4,7-9,14-15,19H,5-6,10-12H2,1H3. The van der Waals surface area contributed by atoms with Crippen LogP contribution in [0.5, 0.6) is 0 Å². The summed E-state index contributed by atoms with van der Waals surface area (Å²) in [6.07, 6.45) is 5.45. The Kier molecular flexibility index (Phi) is 5.43. The molecule has 1 heterocycles. The van der Waals surface area contributed by atoms with Crippen LogP contribution in [0.15, 0.2) is 35.2 Å². The van der Waals surface area contributed by atoms with Crippen molar-refractivity contribution in [2.75, 3.05) is 20.2 Å². The smallest absolute Gasteiger partial charge is 0.310 e. The molecular weight excluding hydrogens is 356 g/mol. The van der Waals surface area contributed by atoms with Gasteiger partial charge in [-0.1, -0.05) is 12.1 Å². The minimum absolute atomic E-state index is 0.0615. The van der Waals surface area contributed by atoms with E-state index >= 15 is 0 Å². The van der Waals surface area contributed by atoms with Crippen molar-refractivity contribution >= 4 is 28.0 Å². The zero-order valence-corrected chi connectivity index (χ0v) is 15.4. The van der Waals surface area contributed by atoms with Crippen molar-refractivity contribution in [1.29, 1.82) is 0 Å². The third-order valence-corrected chi connectivity index (χ3v) is 6.08. The van der Waals surface area contributed by atoms with Gasteiger partial charge in [0, 0.05) is 25.2 Å². The lowest BCUT2D eigenvalue weighted by molar-refractivity contribution is -0.145. The molecule has 0 spiro atoms. The van der Waals surface area contributed by atoms with Gasteiger partial charge in [0.1, 0.15) is 0 Å². The van der Waals surface area contributed by atoms with Crippen LogP contribution in [0.25, 0.3) is 6.08 Å². The van der Waals surface area contributed by atoms with E-state index in [4.69, 9.17) is 4.74 Å². The maximum absolute atomic E-state index is 12.2. The van der Waals surface area contributed by atoms with E-state index in [0.717, 1.165) is 18.4 Å². The van der Waals surface area contributed by atoms with Gasteiger partial charge in [-0.15, -0.1) is 0 Å². The lowest BCUT2D eigenvalue weighted by Gasteiger charge is -2.13. The van der Waals surface area contributed by atoms with Crippen molar-refractivity contribution < 1.29 is 22.7 Å². The quantitative estimate of drug-likeness (QED) is 0.592. The number of sulfonamides is 1. The number of rotatable bonds is 6. The highest BCUT2D eigenvalue weighted by Gasteiger charge is 2.31. The summed E-state index contributed by atoms with van der Waals surface area (Å²) < 4.78 is 31.6. The van der Waals surface area contributed by atoms with Gasteiger partial charge < -0.3 is 9.64 Å². The third kappa shape index (κ3) is 4.50. The van der Waals surface area contributed by atoms with Crippen LogP contribution in [0.2, 0.25) is 0 Å². The van der Waals surface area contributed by atoms with Crippen molar-refractivity contribution in [3.63, 3.8) is 0 Å². The van der Waals surface area contributed by atoms with Crippen LogP contribution in [0.3, 0.4) is 0 Å². The van der Waals surface area contributed by atoms with Gasteiger partial charge in [0.2, 0.25) is 15.9 Å². The van der Waals surface area contributed by atoms with Crippen LogP contribution in [-0.2, 0) is 24.3 Å². The molecule has 1 aliphatic carbocycles. The molecule has 8 heteroatoms. The third-order valence-electron chi connectivity index (χ3n) is 4.54. The van der Waals surface area contributed by atoms with Crippen molar-refractivity contribution in [2.24, 2.45) is 5.92 Å². The highest BCUT2D eigenvalue weighted by atomic mass is 32.2. The van der Waals surface area contributed by atoms with E-state index in [1.807, 2.05) is 0 Å². The summed E-state index contributed by atoms with van der Waals surface area (Å²) in [6, 6.07) is 6.43. The van der Waals surface area contributed by atoms with Gasteiger partial charge in [-0.3, -0.25) is 9.59 Å². The number of likely N-dealkylation sites (tertiary alicyclic amines) is 1. The molecule has 2 aliphatic rings. The van der Waals surface area contributed by atoms with E-state index in [1.165, 1.54) is 25.3 Å². The maximum atomic E-state index is 12.2. The summed E-state index contributed by atoms with van der Waals surface area (Å²) in [5.74, 6) is -0.731. The fourth-order valence-corrected chi connectivity index (χ4v) is 4.14. The van der Waals surface area contributed by atoms with Crippen LogP contribution < -0.4 is 4.72 Å². The van der Waals surface area contributed by atoms with Crippen LogP contribution in [0.1, 0.15) is 24.8 Å². The molecule has 1 unspecified atom stereocenters. The van der Waals surface area contributed by atoms with E-state index in [-0.39, 0.29) is 28.7 Å². The van der Waals surface area contributed by atoms with E-state index < -0.39 is 10.0 Å². The van der Waals surface area contributed by atoms with Gasteiger partial charge in [-0.2, -0.15) is 0 Å². The Hall–Kier alpha value is -2.19. The fourth-order valence-electron chi connectivity index (χ4n) is 2.84. The number of hydrogen-bond acceptors (Lipinski definition) is 5. The number of hydrogen-bond donors (Lipinski definition) is 1. The number of carbonyl (C=O) groups excluding carboxylic acids is 2. The summed E-state index contributed by atoms with van der Waals surface area (Å²) in [4.78, 5) is 25.5. The normalized spacial score (nSPS) is 20.5. The second-order valence-corrected chi connectivity index (χ2v) is 8.30. The predicted octanol–water partition coefficient (Wildman–Crippen LogP) is 1.16. The van der Waals surface area contributed by atoms with Gasteiger partial charge >= 0.3 is 5.97 Å². The lowest BCUT2D eigenvalue weighted by Crippen LogP contribution is -2.28. The van der Waals surface area contributed by atoms with Gasteiger partial charge in [0.05, 0.1) is 17.9 Å². The SMILES string of the molecule is COC(=O)C1CCN(C(=O)C=Cc2ccc(S(=O)(=O)NC3CC3)cc2)C1. The van der Waals surface area contributed by atoms with Crippen LogP contribution in [0, 0.1) is 5.92 Å². The Balaban J connectivity index is 1.58. The van der Waals surface area contributed by atoms with Crippen molar-refractivity contribution in [3.05, 3.63) is 35.9 Å². The van der Waals surface area contributed by atoms with E-state index in [9.17, 15) is 18.0 Å². The molecule has 1 aromatic carbocycles. The summed E-state index contributed by atoms with van der Waals surface area (Å²) in [5, 5.41) is 0. The topological polar surface area (TPSA) is 92.8 Å². The first-order valence-electron chi connectivity index (χ1n) is 8.56. The molecule has 1 saturated carbocycles. The zero-order valence-electron chi connectivity index (χ0n) is 14.6. The second-order valence-electron chi connectivity index (χ2n) is 6.59. The highest BCUT2D eigenvalue weighted by Crippen LogP contribution is 2.22. The van der Waals surface area contributed by atoms with Gasteiger partial charge in [-0.25, -0.2) is 13.1 Å². The minimum Gasteiger partial charge on any atom is -0.469 e. The minimum atomic E-state index is -3.47. The van der Waals surface area contributed by atoms with Gasteiger partial charge in [-0.05, 0) is 43.0 Å². The second kappa shape index (κ2) is 7.59. The largest absolute Gasteiger partial charge is 0.469 e. The average molecular weight is 378 g/mol. The molecule has 0 bridgehead atoms. The first-order chi connectivity index (χ1) is 12.4. The molecule has 0 radical (unpaired) electrons. The molecule has 3 rings (SSSR count). The van der Waals surface area contributed by atoms with Gasteiger partial charge in [0.15, 0.2) is 0 Å². The lowest BCUT2D eigenvalue weighted by atomic mass is 10.1. The summed E-state index contributed by atoms with van der Waals surface area (Å²) in [6.45, 7) is 0.882. The molecule has 0 aromatic heterocycles. The summed E-state index contributed by atoms with van der Waals surface area (Å²) in [5.41, 5.74) is 0.729. The maximum Gasteiger partial charge on any atom is 0.310 e. The fraction of sp³-hybridized carbons (Fsp3) is 0.444. The molecule has 1 aromatic rings. The predicted molar refractivity (Wildman–Crippen MR) is 95.5 cm³/mol. The first-order valence-corrected chi connectivity index (χ1v) is 10.0. The molecule has 1 saturated heterocycles. The number of carbonyl (C=O) groups is 2. The Morgan fingerprint density at radius 2 is 1.88 bits per heavy atom. The Morgan fingerprint density at radius 1 is 1.19 bits per heavy atom. The molecule has 1 amide bonds. The molecule has 7 nitrogen and oxygen atoms in total. The number of nitrogens with zero attached hydrogens (tertiary/aromatic N) is 1. The van der Waals surface area contributed by atoms with Crippen molar-refractivity contribution in [1.82, 2.24) is 9.62 Å². The van der Waals surface area contributed by atoms with Crippen LogP contribution in [0.4, 0.5) is 0 Å². The number of benzene rings is 1. The molecule has 140 valence electrons. The van der Waals surface area contributed by atoms with Crippen LogP contribution >= 0.6 is 0 Å². The van der Waals surface area contributed by atoms with E-state index in [2.05, 4.69) is 4.72 Å². The Morgan fingerprint density at radius 3 is 2.50 bits per heavy atom. The number of nitrogens with one attached hydrogen (secondary N) is 1. The monoisotopic (exact) mass is 378 g/mol. The number of methoxy groups -OCH3 is 1. The van der Waals surface area contributed by atoms with Crippen molar-refractivity contribution in [3.8, 4) is 0 Å². The summed E-state index contributed by atoms with van der Waals surface area (Å²) >= 11 is 0. The average Bonchev–Trinajstić information content (AvgIpc) is 3.29. The van der Waals surface area contributed by atoms with Crippen molar-refractivity contribution in [2.45, 2.75) is 30.2 Å². The number of amides is 1. The van der Waals surface area contributed by atoms with Crippen LogP contribution in [-0.4, -0.2) is 51.4 Å². The highest BCUT2D eigenvalue weighted by molar-refractivity contribution is 7.89. The Labute approximate surface area is 153 Å². The van der Waals surface area contributed by atoms with E-state index in [1.54, 1.807) is 23.1 Å². The molecule has 2 fully saturated rings. The molecule has 1 aliphatic heterocycles. The zero-order chi connectivity index (χ0) is 18.7. The molecule has 1 atom stereocenters. The first kappa shape index (κ1) is 18.6. The van der Waals surface area contributed by atoms with E-state index in [0.29, 0.717) is 19.5 Å². The number of esters is 1. The van der Waals surface area contributed by atoms with Gasteiger partial charge in [0.25, 0.3) is 0 Å². The molecular formula is C18H22N2O5S.